The zero-order chi connectivity index (χ0) is 22.1. The minimum absolute atomic E-state index is 0.0787. The maximum Gasteiger partial charge on any atom is 0.255 e. The Bertz CT molecular complexity index is 1160. The second-order valence-electron chi connectivity index (χ2n) is 7.73. The molecule has 2 heterocycles. The van der Waals surface area contributed by atoms with Crippen molar-refractivity contribution in [3.63, 3.8) is 0 Å². The topological polar surface area (TPSA) is 75.2 Å². The number of fused-ring (bicyclic) bond motifs is 1. The normalized spacial score (nSPS) is 14.6. The van der Waals surface area contributed by atoms with Crippen molar-refractivity contribution in [2.75, 3.05) is 13.1 Å². The lowest BCUT2D eigenvalue weighted by Gasteiger charge is -2.32. The van der Waals surface area contributed by atoms with E-state index >= 15 is 0 Å². The van der Waals surface area contributed by atoms with Crippen molar-refractivity contribution in [2.45, 2.75) is 32.7 Å². The van der Waals surface area contributed by atoms with Gasteiger partial charge in [-0.05, 0) is 57.0 Å². The van der Waals surface area contributed by atoms with E-state index in [1.54, 1.807) is 17.0 Å². The summed E-state index contributed by atoms with van der Waals surface area (Å²) >= 11 is 5.97. The fourth-order valence-corrected chi connectivity index (χ4v) is 3.99. The Balaban J connectivity index is 1.40. The lowest BCUT2D eigenvalue weighted by Crippen LogP contribution is -2.46. The molecule has 0 radical (unpaired) electrons. The molecule has 3 aromatic rings. The molecule has 160 valence electrons. The number of aromatic nitrogens is 2. The van der Waals surface area contributed by atoms with Crippen LogP contribution in [-0.4, -0.2) is 45.8 Å². The number of hydrogen-bond acceptors (Lipinski definition) is 4. The minimum atomic E-state index is -0.651. The molecule has 1 aromatic heterocycles. The van der Waals surface area contributed by atoms with Gasteiger partial charge in [0.05, 0.1) is 33.0 Å². The molecule has 0 unspecified atom stereocenters. The van der Waals surface area contributed by atoms with Gasteiger partial charge >= 0.3 is 0 Å². The second kappa shape index (κ2) is 8.59. The van der Waals surface area contributed by atoms with Gasteiger partial charge in [0, 0.05) is 24.7 Å². The van der Waals surface area contributed by atoms with Gasteiger partial charge in [-0.3, -0.25) is 9.59 Å². The molecular weight excluding hydrogens is 419 g/mol. The third kappa shape index (κ3) is 4.37. The van der Waals surface area contributed by atoms with E-state index in [4.69, 9.17) is 11.6 Å². The first-order valence-electron chi connectivity index (χ1n) is 10.1. The molecule has 1 aliphatic heterocycles. The third-order valence-electron chi connectivity index (χ3n) is 5.63. The third-order valence-corrected chi connectivity index (χ3v) is 5.94. The fourth-order valence-electron chi connectivity index (χ4n) is 3.75. The highest BCUT2D eigenvalue weighted by molar-refractivity contribution is 6.33. The van der Waals surface area contributed by atoms with E-state index in [0.29, 0.717) is 37.0 Å². The Hall–Kier alpha value is -3.06. The highest BCUT2D eigenvalue weighted by Crippen LogP contribution is 2.21. The summed E-state index contributed by atoms with van der Waals surface area (Å²) in [5.41, 5.74) is 3.57. The molecule has 0 aliphatic carbocycles. The van der Waals surface area contributed by atoms with Crippen molar-refractivity contribution >= 4 is 34.4 Å². The van der Waals surface area contributed by atoms with Crippen LogP contribution in [0.1, 0.15) is 44.9 Å². The smallest absolute Gasteiger partial charge is 0.255 e. The molecule has 31 heavy (non-hydrogen) atoms. The zero-order valence-corrected chi connectivity index (χ0v) is 18.0. The highest BCUT2D eigenvalue weighted by Gasteiger charge is 2.26. The van der Waals surface area contributed by atoms with E-state index in [0.717, 1.165) is 16.9 Å². The van der Waals surface area contributed by atoms with E-state index < -0.39 is 11.7 Å². The number of rotatable bonds is 3. The first-order valence-corrected chi connectivity index (χ1v) is 10.5. The number of amides is 2. The summed E-state index contributed by atoms with van der Waals surface area (Å²) in [5.74, 6) is -1.27. The number of likely N-dealkylation sites (tertiary alicyclic amines) is 1. The molecule has 0 bridgehead atoms. The van der Waals surface area contributed by atoms with Crippen molar-refractivity contribution in [3.05, 3.63) is 69.8 Å². The number of halogens is 2. The molecule has 4 rings (SSSR count). The molecule has 2 aromatic carbocycles. The summed E-state index contributed by atoms with van der Waals surface area (Å²) in [6.07, 6.45) is 1.16. The van der Waals surface area contributed by atoms with Gasteiger partial charge < -0.3 is 10.2 Å². The predicted octanol–water partition coefficient (Wildman–Crippen LogP) is 4.07. The Kier molecular flexibility index (Phi) is 5.87. The van der Waals surface area contributed by atoms with E-state index in [9.17, 15) is 14.0 Å². The van der Waals surface area contributed by atoms with Crippen molar-refractivity contribution in [3.8, 4) is 0 Å². The summed E-state index contributed by atoms with van der Waals surface area (Å²) in [6, 6.07) is 9.34. The molecule has 0 saturated carbocycles. The number of nitrogens with one attached hydrogen (secondary N) is 1. The van der Waals surface area contributed by atoms with Gasteiger partial charge in [0.1, 0.15) is 5.82 Å². The molecule has 1 N–H and O–H groups in total. The zero-order valence-electron chi connectivity index (χ0n) is 17.3. The van der Waals surface area contributed by atoms with Crippen LogP contribution in [0.25, 0.3) is 11.0 Å². The van der Waals surface area contributed by atoms with Gasteiger partial charge in [-0.25, -0.2) is 14.4 Å². The second-order valence-corrected chi connectivity index (χ2v) is 8.14. The fraction of sp³-hybridized carbons (Fsp3) is 0.304. The van der Waals surface area contributed by atoms with E-state index in [1.807, 2.05) is 19.9 Å². The number of benzene rings is 2. The number of hydrogen-bond donors (Lipinski definition) is 1. The average molecular weight is 441 g/mol. The Morgan fingerprint density at radius 2 is 1.74 bits per heavy atom. The van der Waals surface area contributed by atoms with Crippen LogP contribution in [0.2, 0.25) is 5.02 Å². The first kappa shape index (κ1) is 21.2. The maximum atomic E-state index is 14.0. The number of nitrogens with zero attached hydrogens (tertiary/aromatic N) is 3. The van der Waals surface area contributed by atoms with Crippen molar-refractivity contribution in [1.82, 2.24) is 20.2 Å². The Labute approximate surface area is 184 Å². The highest BCUT2D eigenvalue weighted by atomic mass is 35.5. The molecule has 0 spiro atoms. The maximum absolute atomic E-state index is 14.0. The standard InChI is InChI=1S/C23H22ClFN4O2/c1-13-14(2)27-20-12-15(6-7-19(20)26-13)23(31)29-10-8-16(9-11-29)28-22(30)21-17(24)4-3-5-18(21)25/h3-7,12,16H,8-11H2,1-2H3,(H,28,30). The largest absolute Gasteiger partial charge is 0.349 e. The van der Waals surface area contributed by atoms with E-state index in [-0.39, 0.29) is 22.5 Å². The van der Waals surface area contributed by atoms with Crippen LogP contribution >= 0.6 is 11.6 Å². The molecule has 8 heteroatoms. The van der Waals surface area contributed by atoms with Gasteiger partial charge in [0.25, 0.3) is 11.8 Å². The average Bonchev–Trinajstić information content (AvgIpc) is 2.74. The predicted molar refractivity (Wildman–Crippen MR) is 117 cm³/mol. The van der Waals surface area contributed by atoms with Crippen molar-refractivity contribution in [1.29, 1.82) is 0 Å². The number of piperidine rings is 1. The van der Waals surface area contributed by atoms with Gasteiger partial charge in [-0.2, -0.15) is 0 Å². The number of carbonyl (C=O) groups is 2. The Morgan fingerprint density at radius 3 is 2.42 bits per heavy atom. The molecule has 6 nitrogen and oxygen atoms in total. The lowest BCUT2D eigenvalue weighted by atomic mass is 10.0. The van der Waals surface area contributed by atoms with Crippen LogP contribution in [0.5, 0.6) is 0 Å². The summed E-state index contributed by atoms with van der Waals surface area (Å²) in [7, 11) is 0. The first-order chi connectivity index (χ1) is 14.8. The summed E-state index contributed by atoms with van der Waals surface area (Å²) < 4.78 is 14.0. The molecule has 1 aliphatic rings. The molecule has 2 amide bonds. The van der Waals surface area contributed by atoms with E-state index in [2.05, 4.69) is 15.3 Å². The summed E-state index contributed by atoms with van der Waals surface area (Å²) in [4.78, 5) is 36.2. The van der Waals surface area contributed by atoms with Gasteiger partial charge in [0.2, 0.25) is 0 Å². The van der Waals surface area contributed by atoms with Crippen LogP contribution in [-0.2, 0) is 0 Å². The van der Waals surface area contributed by atoms with Gasteiger partial charge in [-0.1, -0.05) is 17.7 Å². The SMILES string of the molecule is Cc1nc2ccc(C(=O)N3CCC(NC(=O)c4c(F)cccc4Cl)CC3)cc2nc1C. The molecular formula is C23H22ClFN4O2. The molecule has 1 fully saturated rings. The quantitative estimate of drug-likeness (QED) is 0.666. The lowest BCUT2D eigenvalue weighted by molar-refractivity contribution is 0.0698. The van der Waals surface area contributed by atoms with Crippen LogP contribution < -0.4 is 5.32 Å². The van der Waals surface area contributed by atoms with Gasteiger partial charge in [0.15, 0.2) is 0 Å². The number of aryl methyl sites for hydroxylation is 2. The number of carbonyl (C=O) groups excluding carboxylic acids is 2. The van der Waals surface area contributed by atoms with Crippen LogP contribution in [0.3, 0.4) is 0 Å². The van der Waals surface area contributed by atoms with Crippen molar-refractivity contribution in [2.24, 2.45) is 0 Å². The molecule has 1 saturated heterocycles. The van der Waals surface area contributed by atoms with Crippen LogP contribution in [0, 0.1) is 19.7 Å². The van der Waals surface area contributed by atoms with Crippen LogP contribution in [0.4, 0.5) is 4.39 Å². The summed E-state index contributed by atoms with van der Waals surface area (Å²) in [6.45, 7) is 4.78. The van der Waals surface area contributed by atoms with E-state index in [1.165, 1.54) is 18.2 Å². The minimum Gasteiger partial charge on any atom is -0.349 e. The summed E-state index contributed by atoms with van der Waals surface area (Å²) in [5, 5.41) is 2.91. The Morgan fingerprint density at radius 1 is 1.06 bits per heavy atom. The van der Waals surface area contributed by atoms with Crippen LogP contribution in [0.15, 0.2) is 36.4 Å². The monoisotopic (exact) mass is 440 g/mol. The van der Waals surface area contributed by atoms with Crippen molar-refractivity contribution < 1.29 is 14.0 Å². The molecule has 0 atom stereocenters. The van der Waals surface area contributed by atoms with Gasteiger partial charge in [-0.15, -0.1) is 0 Å².